The van der Waals surface area contributed by atoms with E-state index in [2.05, 4.69) is 20.6 Å². The number of aromatic nitrogens is 2. The maximum absolute atomic E-state index is 13.1. The zero-order chi connectivity index (χ0) is 28.6. The van der Waals surface area contributed by atoms with Crippen LogP contribution in [0.25, 0.3) is 21.8 Å². The predicted octanol–water partition coefficient (Wildman–Crippen LogP) is 3.56. The highest BCUT2D eigenvalue weighted by molar-refractivity contribution is 7.99. The first-order valence-corrected chi connectivity index (χ1v) is 13.7. The molecule has 0 aliphatic rings. The second kappa shape index (κ2) is 13.1. The van der Waals surface area contributed by atoms with Crippen molar-refractivity contribution in [3.8, 4) is 5.75 Å². The number of amides is 2. The summed E-state index contributed by atoms with van der Waals surface area (Å²) in [5.41, 5.74) is 1.56. The number of aromatic amines is 1. The van der Waals surface area contributed by atoms with Crippen LogP contribution in [0.3, 0.4) is 0 Å². The number of ketones is 1. The summed E-state index contributed by atoms with van der Waals surface area (Å²) in [6, 6.07) is 18.2. The fraction of sp³-hybridized carbons (Fsp3) is 0.276. The van der Waals surface area contributed by atoms with Gasteiger partial charge >= 0.3 is 5.97 Å². The van der Waals surface area contributed by atoms with Gasteiger partial charge in [0, 0.05) is 5.39 Å². The van der Waals surface area contributed by atoms with Crippen molar-refractivity contribution in [1.29, 1.82) is 0 Å². The molecule has 4 rings (SSSR count). The van der Waals surface area contributed by atoms with Crippen molar-refractivity contribution in [3.05, 3.63) is 66.7 Å². The van der Waals surface area contributed by atoms with Crippen molar-refractivity contribution < 1.29 is 29.0 Å². The van der Waals surface area contributed by atoms with Gasteiger partial charge in [-0.15, -0.1) is 0 Å². The van der Waals surface area contributed by atoms with E-state index in [0.717, 1.165) is 33.6 Å². The molecule has 1 heterocycles. The van der Waals surface area contributed by atoms with Crippen molar-refractivity contribution in [3.63, 3.8) is 0 Å². The van der Waals surface area contributed by atoms with Crippen molar-refractivity contribution in [2.75, 3.05) is 12.4 Å². The highest BCUT2D eigenvalue weighted by Gasteiger charge is 2.30. The number of rotatable bonds is 13. The van der Waals surface area contributed by atoms with E-state index in [1.165, 1.54) is 0 Å². The number of carboxylic acids is 1. The molecule has 40 heavy (non-hydrogen) atoms. The Bertz CT molecular complexity index is 1500. The van der Waals surface area contributed by atoms with Crippen LogP contribution >= 0.6 is 11.8 Å². The van der Waals surface area contributed by atoms with E-state index in [1.807, 2.05) is 60.7 Å². The lowest BCUT2D eigenvalue weighted by Crippen LogP contribution is -2.55. The summed E-state index contributed by atoms with van der Waals surface area (Å²) in [5, 5.41) is 16.9. The summed E-state index contributed by atoms with van der Waals surface area (Å²) < 4.78 is 5.72. The Morgan fingerprint density at radius 2 is 1.70 bits per heavy atom. The van der Waals surface area contributed by atoms with E-state index in [1.54, 1.807) is 19.9 Å². The van der Waals surface area contributed by atoms with Gasteiger partial charge in [0.05, 0.1) is 29.2 Å². The first kappa shape index (κ1) is 28.6. The van der Waals surface area contributed by atoms with Gasteiger partial charge in [-0.05, 0) is 29.5 Å². The lowest BCUT2D eigenvalue weighted by atomic mass is 10.0. The Balaban J connectivity index is 1.36. The molecule has 10 nitrogen and oxygen atoms in total. The first-order chi connectivity index (χ1) is 19.2. The topological polar surface area (TPSA) is 150 Å². The third-order valence-electron chi connectivity index (χ3n) is 6.18. The molecular formula is C29H30N4O6S. The molecular weight excluding hydrogens is 532 g/mol. The highest BCUT2D eigenvalue weighted by Crippen LogP contribution is 2.25. The molecule has 0 saturated heterocycles. The number of ether oxygens (including phenoxy) is 1. The van der Waals surface area contributed by atoms with Crippen molar-refractivity contribution in [1.82, 2.24) is 20.6 Å². The summed E-state index contributed by atoms with van der Waals surface area (Å²) in [6.45, 7) is 3.15. The van der Waals surface area contributed by atoms with Gasteiger partial charge in [-0.2, -0.15) is 0 Å². The van der Waals surface area contributed by atoms with E-state index in [0.29, 0.717) is 10.9 Å². The van der Waals surface area contributed by atoms with Crippen LogP contribution in [0.1, 0.15) is 20.3 Å². The number of carboxylic acid groups (broad SMARTS) is 1. The molecule has 2 amide bonds. The fourth-order valence-corrected chi connectivity index (χ4v) is 4.96. The molecule has 0 radical (unpaired) electrons. The Morgan fingerprint density at radius 1 is 0.975 bits per heavy atom. The molecule has 0 fully saturated rings. The third kappa shape index (κ3) is 7.38. The minimum absolute atomic E-state index is 0.102. The van der Waals surface area contributed by atoms with Gasteiger partial charge in [-0.25, -0.2) is 4.98 Å². The smallest absolute Gasteiger partial charge is 0.305 e. The summed E-state index contributed by atoms with van der Waals surface area (Å²) >= 11 is 1.12. The van der Waals surface area contributed by atoms with Gasteiger partial charge in [0.15, 0.2) is 17.5 Å². The predicted molar refractivity (Wildman–Crippen MR) is 152 cm³/mol. The number of hydrogen-bond acceptors (Lipinski definition) is 7. The molecule has 0 spiro atoms. The number of benzene rings is 3. The molecule has 4 N–H and O–H groups in total. The average Bonchev–Trinajstić information content (AvgIpc) is 3.35. The number of aliphatic carboxylic acids is 1. The number of carbonyl (C=O) groups is 4. The van der Waals surface area contributed by atoms with Crippen molar-refractivity contribution >= 4 is 57.1 Å². The van der Waals surface area contributed by atoms with Crippen LogP contribution in [0, 0.1) is 5.92 Å². The molecule has 0 saturated carbocycles. The van der Waals surface area contributed by atoms with Crippen LogP contribution in [0.15, 0.2) is 71.9 Å². The van der Waals surface area contributed by atoms with E-state index in [9.17, 15) is 24.3 Å². The lowest BCUT2D eigenvalue weighted by molar-refractivity contribution is -0.140. The normalized spacial score (nSPS) is 12.7. The number of imidazole rings is 1. The Kier molecular flexibility index (Phi) is 9.39. The summed E-state index contributed by atoms with van der Waals surface area (Å²) in [4.78, 5) is 57.7. The van der Waals surface area contributed by atoms with Gasteiger partial charge in [0.2, 0.25) is 5.91 Å². The molecule has 2 atom stereocenters. The zero-order valence-electron chi connectivity index (χ0n) is 22.0. The number of H-pyrrole nitrogens is 1. The summed E-state index contributed by atoms with van der Waals surface area (Å²) in [5.74, 6) is -2.80. The second-order valence-electron chi connectivity index (χ2n) is 9.53. The molecule has 0 unspecified atom stereocenters. The van der Waals surface area contributed by atoms with Crippen LogP contribution in [0.4, 0.5) is 0 Å². The zero-order valence-corrected chi connectivity index (χ0v) is 22.9. The maximum Gasteiger partial charge on any atom is 0.305 e. The van der Waals surface area contributed by atoms with Gasteiger partial charge in [0.25, 0.3) is 5.91 Å². The van der Waals surface area contributed by atoms with E-state index < -0.39 is 42.1 Å². The van der Waals surface area contributed by atoms with Gasteiger partial charge in [-0.1, -0.05) is 74.1 Å². The standard InChI is InChI=1S/C29H30N4O6S/c1-17(2)27(33-25(35)15-39-24-13-7-9-18-8-3-4-10-19(18)24)28(38)30-22(14-26(36)37)23(34)16-40-29-31-20-11-5-6-12-21(20)32-29/h3-13,17,22,27H,14-16H2,1-2H3,(H,30,38)(H,31,32)(H,33,35)(H,36,37)/t22-,27-/m0/s1. The van der Waals surface area contributed by atoms with Crippen LogP contribution in [-0.2, 0) is 19.2 Å². The molecule has 11 heteroatoms. The Morgan fingerprint density at radius 3 is 2.45 bits per heavy atom. The monoisotopic (exact) mass is 562 g/mol. The van der Waals surface area contributed by atoms with Crippen LogP contribution < -0.4 is 15.4 Å². The number of thioether (sulfide) groups is 1. The average molecular weight is 563 g/mol. The van der Waals surface area contributed by atoms with Crippen molar-refractivity contribution in [2.24, 2.45) is 5.92 Å². The van der Waals surface area contributed by atoms with Gasteiger partial charge in [-0.3, -0.25) is 19.2 Å². The number of nitrogens with one attached hydrogen (secondary N) is 3. The molecule has 0 aliphatic carbocycles. The Hall–Kier alpha value is -4.38. The van der Waals surface area contributed by atoms with E-state index in [-0.39, 0.29) is 18.3 Å². The van der Waals surface area contributed by atoms with Crippen molar-refractivity contribution in [2.45, 2.75) is 37.5 Å². The number of Topliss-reactive ketones (excluding diaryl/α,β-unsaturated/α-hetero) is 1. The van der Waals surface area contributed by atoms with Gasteiger partial charge < -0.3 is 25.5 Å². The molecule has 1 aromatic heterocycles. The molecule has 3 aromatic carbocycles. The molecule has 4 aromatic rings. The van der Waals surface area contributed by atoms with E-state index >= 15 is 0 Å². The van der Waals surface area contributed by atoms with Crippen LogP contribution in [-0.4, -0.2) is 63.1 Å². The van der Waals surface area contributed by atoms with E-state index in [4.69, 9.17) is 4.74 Å². The SMILES string of the molecule is CC(C)[C@H](NC(=O)COc1cccc2ccccc12)C(=O)N[C@@H](CC(=O)O)C(=O)CSc1nc2ccccc2[nH]1. The minimum Gasteiger partial charge on any atom is -0.483 e. The number of para-hydroxylation sites is 2. The van der Waals surface area contributed by atoms with Crippen LogP contribution in [0.2, 0.25) is 0 Å². The molecule has 0 bridgehead atoms. The summed E-state index contributed by atoms with van der Waals surface area (Å²) in [7, 11) is 0. The molecule has 208 valence electrons. The maximum atomic E-state index is 13.1. The van der Waals surface area contributed by atoms with Gasteiger partial charge in [0.1, 0.15) is 11.8 Å². The largest absolute Gasteiger partial charge is 0.483 e. The fourth-order valence-electron chi connectivity index (χ4n) is 4.13. The molecule has 0 aliphatic heterocycles. The number of hydrogen-bond donors (Lipinski definition) is 4. The van der Waals surface area contributed by atoms with Crippen LogP contribution in [0.5, 0.6) is 5.75 Å². The minimum atomic E-state index is -1.27. The second-order valence-corrected chi connectivity index (χ2v) is 10.5. The third-order valence-corrected chi connectivity index (χ3v) is 7.07. The number of nitrogens with zero attached hydrogens (tertiary/aromatic N) is 1. The summed E-state index contributed by atoms with van der Waals surface area (Å²) in [6.07, 6.45) is -0.589. The Labute approximate surface area is 234 Å². The number of fused-ring (bicyclic) bond motifs is 2. The number of carbonyl (C=O) groups excluding carboxylic acids is 3. The highest BCUT2D eigenvalue weighted by atomic mass is 32.2. The quantitative estimate of drug-likeness (QED) is 0.181. The first-order valence-electron chi connectivity index (χ1n) is 12.7. The lowest BCUT2D eigenvalue weighted by Gasteiger charge is -2.24.